The molecular weight excluding hydrogens is 235 g/mol. The van der Waals surface area contributed by atoms with Gasteiger partial charge in [-0.25, -0.2) is 0 Å². The molecule has 2 rings (SSSR count). The largest absolute Gasteiger partial charge is 0.143 e. The summed E-state index contributed by atoms with van der Waals surface area (Å²) in [5.41, 5.74) is 0. The molecular formula is C12H11ClNaS. The minimum absolute atomic E-state index is 0. The van der Waals surface area contributed by atoms with Gasteiger partial charge in [-0.3, -0.25) is 0 Å². The van der Waals surface area contributed by atoms with Crippen molar-refractivity contribution in [3.05, 3.63) is 65.7 Å². The molecule has 2 aromatic carbocycles. The van der Waals surface area contributed by atoms with E-state index in [0.29, 0.717) is 0 Å². The molecule has 0 aliphatic rings. The third-order valence-corrected chi connectivity index (χ3v) is 2.04. The first-order valence-electron chi connectivity index (χ1n) is 4.23. The van der Waals surface area contributed by atoms with Crippen molar-refractivity contribution in [3.8, 4) is 0 Å². The number of hydrogen-bond donors (Lipinski definition) is 1. The number of benzene rings is 2. The van der Waals surface area contributed by atoms with Gasteiger partial charge in [0.05, 0.1) is 0 Å². The molecule has 73 valence electrons. The average Bonchev–Trinajstić information content (AvgIpc) is 2.21. The molecule has 0 bridgehead atoms. The Morgan fingerprint density at radius 2 is 1.13 bits per heavy atom. The van der Waals surface area contributed by atoms with Crippen molar-refractivity contribution >= 4 is 53.8 Å². The maximum Gasteiger partial charge on any atom is 0.0405 e. The van der Waals surface area contributed by atoms with Crippen molar-refractivity contribution < 1.29 is 0 Å². The summed E-state index contributed by atoms with van der Waals surface area (Å²) < 4.78 is 0. The van der Waals surface area contributed by atoms with Gasteiger partial charge in [-0.05, 0) is 24.3 Å². The molecule has 0 nitrogen and oxygen atoms in total. The molecule has 3 heteroatoms. The summed E-state index contributed by atoms with van der Waals surface area (Å²) in [5, 5.41) is 0.794. The number of halogens is 1. The molecule has 2 aromatic rings. The fourth-order valence-corrected chi connectivity index (χ4v) is 1.16. The van der Waals surface area contributed by atoms with Crippen LogP contribution in [0.4, 0.5) is 0 Å². The fourth-order valence-electron chi connectivity index (χ4n) is 0.843. The predicted octanol–water partition coefficient (Wildman–Crippen LogP) is 3.93. The topological polar surface area (TPSA) is 0 Å². The van der Waals surface area contributed by atoms with E-state index in [1.807, 2.05) is 60.7 Å². The van der Waals surface area contributed by atoms with Crippen LogP contribution in [-0.4, -0.2) is 29.6 Å². The zero-order valence-electron chi connectivity index (χ0n) is 8.60. The smallest absolute Gasteiger partial charge is 0.0405 e. The Morgan fingerprint density at radius 3 is 1.33 bits per heavy atom. The van der Waals surface area contributed by atoms with Crippen LogP contribution in [0.25, 0.3) is 0 Å². The number of thiol groups is 1. The van der Waals surface area contributed by atoms with Crippen molar-refractivity contribution in [3.63, 3.8) is 0 Å². The molecule has 0 spiro atoms. The first kappa shape index (κ1) is 15.1. The summed E-state index contributed by atoms with van der Waals surface area (Å²) >= 11 is 9.62. The van der Waals surface area contributed by atoms with Crippen LogP contribution in [0, 0.1) is 0 Å². The van der Waals surface area contributed by atoms with Crippen molar-refractivity contribution in [2.75, 3.05) is 0 Å². The molecule has 0 heterocycles. The summed E-state index contributed by atoms with van der Waals surface area (Å²) in [6, 6.07) is 19.2. The van der Waals surface area contributed by atoms with Gasteiger partial charge in [0, 0.05) is 39.5 Å². The van der Waals surface area contributed by atoms with Gasteiger partial charge in [-0.2, -0.15) is 0 Å². The molecule has 0 aromatic heterocycles. The van der Waals surface area contributed by atoms with Crippen LogP contribution in [0.2, 0.25) is 5.02 Å². The first-order chi connectivity index (χ1) is 6.79. The molecule has 0 saturated carbocycles. The van der Waals surface area contributed by atoms with Gasteiger partial charge >= 0.3 is 0 Å². The second kappa shape index (κ2) is 9.32. The van der Waals surface area contributed by atoms with Crippen LogP contribution >= 0.6 is 24.2 Å². The van der Waals surface area contributed by atoms with Gasteiger partial charge in [-0.15, -0.1) is 12.6 Å². The van der Waals surface area contributed by atoms with Crippen molar-refractivity contribution in [1.82, 2.24) is 0 Å². The first-order valence-corrected chi connectivity index (χ1v) is 5.06. The Labute approximate surface area is 123 Å². The van der Waals surface area contributed by atoms with Gasteiger partial charge in [0.1, 0.15) is 0 Å². The Bertz CT molecular complexity index is 313. The van der Waals surface area contributed by atoms with Crippen LogP contribution in [0.1, 0.15) is 0 Å². The number of hydrogen-bond acceptors (Lipinski definition) is 1. The van der Waals surface area contributed by atoms with Crippen molar-refractivity contribution in [2.24, 2.45) is 0 Å². The molecule has 0 N–H and O–H groups in total. The van der Waals surface area contributed by atoms with E-state index in [-0.39, 0.29) is 29.6 Å². The molecule has 0 amide bonds. The van der Waals surface area contributed by atoms with Crippen LogP contribution in [0.15, 0.2) is 65.6 Å². The Kier molecular flexibility index (Phi) is 9.37. The van der Waals surface area contributed by atoms with E-state index in [0.717, 1.165) is 9.92 Å². The minimum Gasteiger partial charge on any atom is -0.143 e. The average molecular weight is 246 g/mol. The quantitative estimate of drug-likeness (QED) is 0.528. The fraction of sp³-hybridized carbons (Fsp3) is 0. The zero-order valence-corrected chi connectivity index (χ0v) is 12.2. The summed E-state index contributed by atoms with van der Waals surface area (Å²) in [4.78, 5) is 1.02. The third-order valence-electron chi connectivity index (χ3n) is 1.49. The normalized spacial score (nSPS) is 8.13. The van der Waals surface area contributed by atoms with Crippen LogP contribution < -0.4 is 0 Å². The maximum atomic E-state index is 5.54. The molecule has 1 radical (unpaired) electrons. The van der Waals surface area contributed by atoms with E-state index in [2.05, 4.69) is 12.6 Å². The third kappa shape index (κ3) is 7.95. The predicted molar refractivity (Wildman–Crippen MR) is 70.9 cm³/mol. The number of rotatable bonds is 0. The second-order valence-electron chi connectivity index (χ2n) is 2.63. The molecule has 15 heavy (non-hydrogen) atoms. The molecule has 0 aliphatic carbocycles. The van der Waals surface area contributed by atoms with Gasteiger partial charge in [-0.1, -0.05) is 48.0 Å². The maximum absolute atomic E-state index is 5.54. The van der Waals surface area contributed by atoms with Crippen LogP contribution in [-0.2, 0) is 0 Å². The van der Waals surface area contributed by atoms with Gasteiger partial charge in [0.15, 0.2) is 0 Å². The van der Waals surface area contributed by atoms with Gasteiger partial charge in [0.2, 0.25) is 0 Å². The van der Waals surface area contributed by atoms with E-state index < -0.39 is 0 Å². The van der Waals surface area contributed by atoms with Crippen LogP contribution in [0.5, 0.6) is 0 Å². The molecule has 0 aliphatic heterocycles. The van der Waals surface area contributed by atoms with E-state index in [9.17, 15) is 0 Å². The molecule has 0 saturated heterocycles. The zero-order chi connectivity index (χ0) is 10.2. The summed E-state index contributed by atoms with van der Waals surface area (Å²) in [7, 11) is 0. The van der Waals surface area contributed by atoms with Crippen LogP contribution in [0.3, 0.4) is 0 Å². The standard InChI is InChI=1S/C6H5Cl.C6H6S.Na/c2*7-6-4-2-1-3-5-6;/h1-5H;1-5,7H;. The summed E-state index contributed by atoms with van der Waals surface area (Å²) in [5.74, 6) is 0. The van der Waals surface area contributed by atoms with Crippen molar-refractivity contribution in [2.45, 2.75) is 4.90 Å². The summed E-state index contributed by atoms with van der Waals surface area (Å²) in [6.07, 6.45) is 0. The monoisotopic (exact) mass is 245 g/mol. The second-order valence-corrected chi connectivity index (χ2v) is 3.58. The summed E-state index contributed by atoms with van der Waals surface area (Å²) in [6.45, 7) is 0. The van der Waals surface area contributed by atoms with E-state index >= 15 is 0 Å². The molecule has 0 atom stereocenters. The van der Waals surface area contributed by atoms with E-state index in [4.69, 9.17) is 11.6 Å². The van der Waals surface area contributed by atoms with E-state index in [1.165, 1.54) is 0 Å². The Morgan fingerprint density at radius 1 is 0.733 bits per heavy atom. The molecule has 0 unspecified atom stereocenters. The van der Waals surface area contributed by atoms with Gasteiger partial charge < -0.3 is 0 Å². The SMILES string of the molecule is Clc1ccccc1.Sc1ccccc1.[Na]. The van der Waals surface area contributed by atoms with E-state index in [1.54, 1.807) is 0 Å². The molecule has 0 fully saturated rings. The van der Waals surface area contributed by atoms with Crippen molar-refractivity contribution in [1.29, 1.82) is 0 Å². The van der Waals surface area contributed by atoms with Gasteiger partial charge in [0.25, 0.3) is 0 Å². The minimum atomic E-state index is 0. The Hall–Kier alpha value is 0.0800. The Balaban J connectivity index is 0.000000245.